The third-order valence-corrected chi connectivity index (χ3v) is 7.92. The first-order valence-corrected chi connectivity index (χ1v) is 12.6. The molecule has 0 saturated heterocycles. The number of amides is 1. The Labute approximate surface area is 190 Å². The summed E-state index contributed by atoms with van der Waals surface area (Å²) >= 11 is 6.61. The minimum atomic E-state index is -0.0703. The molecule has 30 heavy (non-hydrogen) atoms. The van der Waals surface area contributed by atoms with Crippen LogP contribution in [-0.2, 0) is 24.1 Å². The Hall–Kier alpha value is -1.97. The van der Waals surface area contributed by atoms with Gasteiger partial charge in [0.15, 0.2) is 10.8 Å². The Morgan fingerprint density at radius 3 is 2.83 bits per heavy atom. The summed E-state index contributed by atoms with van der Waals surface area (Å²) in [7, 11) is 0. The topological polar surface area (TPSA) is 72.2 Å². The van der Waals surface area contributed by atoms with Gasteiger partial charge in [-0.3, -0.25) is 9.20 Å². The van der Waals surface area contributed by atoms with E-state index >= 15 is 0 Å². The van der Waals surface area contributed by atoms with Gasteiger partial charge in [-0.05, 0) is 55.5 Å². The summed E-state index contributed by atoms with van der Waals surface area (Å²) in [5, 5.41) is 13.8. The summed E-state index contributed by atoms with van der Waals surface area (Å²) in [6.45, 7) is 2.09. The molecule has 0 unspecified atom stereocenters. The largest absolute Gasteiger partial charge is 0.325 e. The average molecular weight is 502 g/mol. The van der Waals surface area contributed by atoms with Crippen LogP contribution in [0.25, 0.3) is 15.9 Å². The number of thiophene rings is 1. The molecule has 1 aromatic carbocycles. The normalized spacial score (nSPS) is 13.7. The van der Waals surface area contributed by atoms with E-state index in [0.29, 0.717) is 0 Å². The third-order valence-electron chi connectivity index (χ3n) is 5.27. The molecule has 0 aliphatic heterocycles. The van der Waals surface area contributed by atoms with Crippen LogP contribution in [-0.4, -0.2) is 31.2 Å². The minimum Gasteiger partial charge on any atom is -0.325 e. The van der Waals surface area contributed by atoms with Crippen LogP contribution in [0.4, 0.5) is 5.69 Å². The van der Waals surface area contributed by atoms with E-state index in [9.17, 15) is 4.79 Å². The number of aromatic nitrogens is 4. The van der Waals surface area contributed by atoms with E-state index < -0.39 is 0 Å². The van der Waals surface area contributed by atoms with Gasteiger partial charge in [0.1, 0.15) is 10.7 Å². The molecule has 0 atom stereocenters. The van der Waals surface area contributed by atoms with Crippen molar-refractivity contribution in [3.05, 3.63) is 45.0 Å². The number of aryl methyl sites for hydroxylation is 3. The van der Waals surface area contributed by atoms with Crippen molar-refractivity contribution >= 4 is 66.5 Å². The van der Waals surface area contributed by atoms with Crippen molar-refractivity contribution in [1.82, 2.24) is 19.6 Å². The van der Waals surface area contributed by atoms with Crippen molar-refractivity contribution in [1.29, 1.82) is 0 Å². The summed E-state index contributed by atoms with van der Waals surface area (Å²) in [6.07, 6.45) is 5.47. The van der Waals surface area contributed by atoms with Gasteiger partial charge in [-0.1, -0.05) is 34.6 Å². The molecule has 4 aromatic rings. The molecule has 1 aliphatic rings. The fraction of sp³-hybridized carbons (Fsp3) is 0.333. The highest BCUT2D eigenvalue weighted by molar-refractivity contribution is 9.10. The molecule has 0 saturated carbocycles. The van der Waals surface area contributed by atoms with E-state index in [0.717, 1.165) is 56.3 Å². The van der Waals surface area contributed by atoms with Crippen LogP contribution in [0.5, 0.6) is 0 Å². The molecule has 1 aliphatic carbocycles. The number of carbonyl (C=O) groups is 1. The highest BCUT2D eigenvalue weighted by atomic mass is 79.9. The highest BCUT2D eigenvalue weighted by Gasteiger charge is 2.23. The molecule has 1 amide bonds. The zero-order valence-electron chi connectivity index (χ0n) is 16.4. The van der Waals surface area contributed by atoms with Crippen LogP contribution in [0, 0.1) is 0 Å². The molecule has 154 valence electrons. The molecule has 0 bridgehead atoms. The number of nitrogens with zero attached hydrogens (tertiary/aromatic N) is 4. The van der Waals surface area contributed by atoms with Crippen molar-refractivity contribution in [3.8, 4) is 0 Å². The van der Waals surface area contributed by atoms with Crippen LogP contribution in [0.3, 0.4) is 0 Å². The molecule has 5 rings (SSSR count). The standard InChI is InChI=1S/C21H20BrN5OS2/c1-2-16-24-20-18(14-5-3-4-6-15(14)30-20)19-25-26-21(27(16)19)29-11-17(28)23-13-9-7-12(22)8-10-13/h7-10H,2-6,11H2,1H3,(H,23,28). The maximum Gasteiger partial charge on any atom is 0.234 e. The fourth-order valence-electron chi connectivity index (χ4n) is 3.88. The number of hydrogen-bond donors (Lipinski definition) is 1. The lowest BCUT2D eigenvalue weighted by atomic mass is 9.97. The summed E-state index contributed by atoms with van der Waals surface area (Å²) < 4.78 is 3.02. The second-order valence-electron chi connectivity index (χ2n) is 7.26. The number of thioether (sulfide) groups is 1. The third kappa shape index (κ3) is 3.63. The maximum atomic E-state index is 12.4. The Morgan fingerprint density at radius 1 is 1.23 bits per heavy atom. The number of carbonyl (C=O) groups excluding carboxylic acids is 1. The lowest BCUT2D eigenvalue weighted by Crippen LogP contribution is -2.14. The number of anilines is 1. The minimum absolute atomic E-state index is 0.0703. The molecule has 9 heteroatoms. The van der Waals surface area contributed by atoms with E-state index in [-0.39, 0.29) is 11.7 Å². The Bertz CT molecular complexity index is 1250. The molecule has 1 N–H and O–H groups in total. The van der Waals surface area contributed by atoms with Crippen molar-refractivity contribution in [2.75, 3.05) is 11.1 Å². The summed E-state index contributed by atoms with van der Waals surface area (Å²) in [5.74, 6) is 1.13. The van der Waals surface area contributed by atoms with Gasteiger partial charge >= 0.3 is 0 Å². The lowest BCUT2D eigenvalue weighted by Gasteiger charge is -2.11. The van der Waals surface area contributed by atoms with Crippen molar-refractivity contribution in [3.63, 3.8) is 0 Å². The van der Waals surface area contributed by atoms with Gasteiger partial charge in [0.2, 0.25) is 5.91 Å². The van der Waals surface area contributed by atoms with E-state index in [1.54, 1.807) is 0 Å². The number of nitrogens with one attached hydrogen (secondary N) is 1. The van der Waals surface area contributed by atoms with Crippen LogP contribution in [0.2, 0.25) is 0 Å². The van der Waals surface area contributed by atoms with Gasteiger partial charge in [-0.2, -0.15) is 0 Å². The molecule has 0 fully saturated rings. The monoisotopic (exact) mass is 501 g/mol. The number of fused-ring (bicyclic) bond motifs is 5. The molecular formula is C21H20BrN5OS2. The van der Waals surface area contributed by atoms with Gasteiger partial charge in [0.25, 0.3) is 0 Å². The molecule has 0 radical (unpaired) electrons. The SMILES string of the molecule is CCc1nc2sc3c(c2c2nnc(SCC(=O)Nc4ccc(Br)cc4)n12)CCCC3. The zero-order valence-corrected chi connectivity index (χ0v) is 19.7. The van der Waals surface area contributed by atoms with Crippen LogP contribution in [0.15, 0.2) is 33.9 Å². The molecule has 3 heterocycles. The predicted octanol–water partition coefficient (Wildman–Crippen LogP) is 5.27. The zero-order chi connectivity index (χ0) is 20.7. The highest BCUT2D eigenvalue weighted by Crippen LogP contribution is 2.38. The summed E-state index contributed by atoms with van der Waals surface area (Å²) in [6, 6.07) is 7.55. The molecular weight excluding hydrogens is 482 g/mol. The maximum absolute atomic E-state index is 12.4. The van der Waals surface area contributed by atoms with Crippen molar-refractivity contribution in [2.45, 2.75) is 44.2 Å². The second kappa shape index (κ2) is 8.28. The van der Waals surface area contributed by atoms with Crippen LogP contribution >= 0.6 is 39.0 Å². The van der Waals surface area contributed by atoms with Gasteiger partial charge in [0, 0.05) is 21.5 Å². The molecule has 0 spiro atoms. The number of benzene rings is 1. The first-order valence-electron chi connectivity index (χ1n) is 10.0. The number of halogens is 1. The summed E-state index contributed by atoms with van der Waals surface area (Å²) in [4.78, 5) is 19.9. The Balaban J connectivity index is 1.44. The predicted molar refractivity (Wildman–Crippen MR) is 126 cm³/mol. The second-order valence-corrected chi connectivity index (χ2v) is 10.2. The fourth-order valence-corrected chi connectivity index (χ4v) is 6.17. The van der Waals surface area contributed by atoms with Gasteiger partial charge in [-0.25, -0.2) is 4.98 Å². The van der Waals surface area contributed by atoms with Gasteiger partial charge in [-0.15, -0.1) is 21.5 Å². The van der Waals surface area contributed by atoms with Crippen molar-refractivity contribution in [2.24, 2.45) is 0 Å². The number of rotatable bonds is 5. The number of hydrogen-bond acceptors (Lipinski definition) is 6. The molecule has 6 nitrogen and oxygen atoms in total. The molecule has 3 aromatic heterocycles. The quantitative estimate of drug-likeness (QED) is 0.377. The Kier molecular flexibility index (Phi) is 5.51. The van der Waals surface area contributed by atoms with E-state index in [1.165, 1.54) is 35.0 Å². The van der Waals surface area contributed by atoms with Crippen LogP contribution in [0.1, 0.15) is 36.0 Å². The average Bonchev–Trinajstić information content (AvgIpc) is 3.34. The van der Waals surface area contributed by atoms with E-state index in [1.807, 2.05) is 40.0 Å². The smallest absolute Gasteiger partial charge is 0.234 e. The van der Waals surface area contributed by atoms with E-state index in [4.69, 9.17) is 4.98 Å². The van der Waals surface area contributed by atoms with Crippen molar-refractivity contribution < 1.29 is 4.79 Å². The van der Waals surface area contributed by atoms with Gasteiger partial charge < -0.3 is 5.32 Å². The first kappa shape index (κ1) is 20.0. The van der Waals surface area contributed by atoms with Crippen LogP contribution < -0.4 is 5.32 Å². The summed E-state index contributed by atoms with van der Waals surface area (Å²) in [5.41, 5.74) is 3.06. The Morgan fingerprint density at radius 2 is 2.03 bits per heavy atom. The van der Waals surface area contributed by atoms with Gasteiger partial charge in [0.05, 0.1) is 11.1 Å². The van der Waals surface area contributed by atoms with E-state index in [2.05, 4.69) is 38.4 Å². The lowest BCUT2D eigenvalue weighted by molar-refractivity contribution is -0.113. The first-order chi connectivity index (χ1) is 14.6.